The summed E-state index contributed by atoms with van der Waals surface area (Å²) >= 11 is 0. The van der Waals surface area contributed by atoms with Gasteiger partial charge in [-0.15, -0.1) is 0 Å². The molecule has 0 amide bonds. The number of rotatable bonds is 4. The molecule has 0 bridgehead atoms. The van der Waals surface area contributed by atoms with Crippen molar-refractivity contribution in [2.24, 2.45) is 0 Å². The lowest BCUT2D eigenvalue weighted by Gasteiger charge is -2.03. The average molecular weight is 347 g/mol. The number of aromatic nitrogens is 3. The van der Waals surface area contributed by atoms with E-state index in [1.807, 2.05) is 48.6 Å². The minimum Gasteiger partial charge on any atom is -0.277 e. The molecule has 0 fully saturated rings. The molecule has 0 saturated heterocycles. The first-order valence-corrected chi connectivity index (χ1v) is 8.18. The van der Waals surface area contributed by atoms with Crippen molar-refractivity contribution in [3.05, 3.63) is 94.9 Å². The van der Waals surface area contributed by atoms with Gasteiger partial charge in [-0.2, -0.15) is 5.10 Å². The number of H-pyrrole nitrogens is 1. The zero-order valence-electron chi connectivity index (χ0n) is 13.8. The van der Waals surface area contributed by atoms with Gasteiger partial charge >= 0.3 is 0 Å². The Bertz CT molecular complexity index is 1060. The fourth-order valence-corrected chi connectivity index (χ4v) is 2.91. The molecule has 0 aliphatic rings. The highest BCUT2D eigenvalue weighted by Gasteiger charge is 2.07. The molecule has 0 unspecified atom stereocenters. The number of hydrogen-bond acceptors (Lipinski definition) is 2. The lowest BCUT2D eigenvalue weighted by atomic mass is 10.0. The Morgan fingerprint density at radius 2 is 1.73 bits per heavy atom. The van der Waals surface area contributed by atoms with Gasteiger partial charge in [0.05, 0.1) is 16.9 Å². The van der Waals surface area contributed by atoms with E-state index in [0.29, 0.717) is 12.0 Å². The Morgan fingerprint density at radius 1 is 0.885 bits per heavy atom. The van der Waals surface area contributed by atoms with Crippen molar-refractivity contribution in [3.63, 3.8) is 0 Å². The third-order valence-corrected chi connectivity index (χ3v) is 4.09. The molecular weight excluding hydrogens is 332 g/mol. The van der Waals surface area contributed by atoms with Crippen LogP contribution in [0.25, 0.3) is 23.1 Å². The molecule has 2 aromatic carbocycles. The molecule has 2 aromatic heterocycles. The number of aromatic amines is 1. The van der Waals surface area contributed by atoms with Crippen LogP contribution in [0.2, 0.25) is 0 Å². The normalized spacial score (nSPS) is 11.5. The lowest BCUT2D eigenvalue weighted by Crippen LogP contribution is -1.91. The number of halogens is 2. The van der Waals surface area contributed by atoms with Crippen molar-refractivity contribution in [3.8, 4) is 0 Å². The van der Waals surface area contributed by atoms with Crippen LogP contribution < -0.4 is 0 Å². The van der Waals surface area contributed by atoms with Crippen LogP contribution in [0.15, 0.2) is 60.8 Å². The van der Waals surface area contributed by atoms with E-state index in [-0.39, 0.29) is 0 Å². The zero-order chi connectivity index (χ0) is 17.9. The second-order valence-electron chi connectivity index (χ2n) is 6.03. The molecular formula is C21H15F2N3. The highest BCUT2D eigenvalue weighted by Crippen LogP contribution is 2.22. The third kappa shape index (κ3) is 3.52. The first kappa shape index (κ1) is 16.1. The highest BCUT2D eigenvalue weighted by molar-refractivity contribution is 5.89. The van der Waals surface area contributed by atoms with E-state index >= 15 is 0 Å². The summed E-state index contributed by atoms with van der Waals surface area (Å²) in [5, 5.41) is 8.25. The van der Waals surface area contributed by atoms with Crippen LogP contribution in [-0.4, -0.2) is 15.2 Å². The van der Waals surface area contributed by atoms with Crippen molar-refractivity contribution in [2.75, 3.05) is 0 Å². The maximum atomic E-state index is 13.4. The predicted molar refractivity (Wildman–Crippen MR) is 98.4 cm³/mol. The van der Waals surface area contributed by atoms with Gasteiger partial charge in [0.1, 0.15) is 11.6 Å². The highest BCUT2D eigenvalue weighted by atomic mass is 19.1. The zero-order valence-corrected chi connectivity index (χ0v) is 13.8. The molecule has 0 radical (unpaired) electrons. The fourth-order valence-electron chi connectivity index (χ4n) is 2.91. The Balaban J connectivity index is 1.65. The number of hydrogen-bond donors (Lipinski definition) is 1. The topological polar surface area (TPSA) is 41.6 Å². The molecule has 0 atom stereocenters. The van der Waals surface area contributed by atoms with Crippen LogP contribution in [0.5, 0.6) is 0 Å². The molecule has 3 nitrogen and oxygen atoms in total. The van der Waals surface area contributed by atoms with Crippen LogP contribution in [0, 0.1) is 11.6 Å². The number of benzene rings is 2. The van der Waals surface area contributed by atoms with Crippen LogP contribution in [0.4, 0.5) is 8.78 Å². The van der Waals surface area contributed by atoms with Crippen LogP contribution >= 0.6 is 0 Å². The van der Waals surface area contributed by atoms with E-state index in [0.717, 1.165) is 33.9 Å². The van der Waals surface area contributed by atoms with Gasteiger partial charge in [0.25, 0.3) is 0 Å². The SMILES string of the molecule is Fc1cc(F)cc(Cc2ccc3n[nH]c(C=Cc4ccccn4)c3c2)c1. The van der Waals surface area contributed by atoms with Gasteiger partial charge in [-0.3, -0.25) is 10.1 Å². The molecule has 4 aromatic rings. The molecule has 0 aliphatic carbocycles. The van der Waals surface area contributed by atoms with E-state index in [1.165, 1.54) is 12.1 Å². The standard InChI is InChI=1S/C21H15F2N3/c22-16-10-15(11-17(23)13-16)9-14-4-6-20-19(12-14)21(26-25-20)7-5-18-3-1-2-8-24-18/h1-8,10-13H,9H2,(H,25,26). The number of nitrogens with one attached hydrogen (secondary N) is 1. The largest absolute Gasteiger partial charge is 0.277 e. The Labute approximate surface area is 149 Å². The van der Waals surface area contributed by atoms with Crippen molar-refractivity contribution in [2.45, 2.75) is 6.42 Å². The summed E-state index contributed by atoms with van der Waals surface area (Å²) < 4.78 is 26.8. The van der Waals surface area contributed by atoms with Crippen LogP contribution in [-0.2, 0) is 6.42 Å². The van der Waals surface area contributed by atoms with E-state index in [9.17, 15) is 8.78 Å². The maximum absolute atomic E-state index is 13.4. The Morgan fingerprint density at radius 3 is 2.50 bits per heavy atom. The minimum atomic E-state index is -0.566. The quantitative estimate of drug-likeness (QED) is 0.565. The van der Waals surface area contributed by atoms with Crippen LogP contribution in [0.3, 0.4) is 0 Å². The van der Waals surface area contributed by atoms with E-state index < -0.39 is 11.6 Å². The van der Waals surface area contributed by atoms with Gasteiger partial charge in [0, 0.05) is 17.6 Å². The molecule has 1 N–H and O–H groups in total. The Kier molecular flexibility index (Phi) is 4.27. The predicted octanol–water partition coefficient (Wildman–Crippen LogP) is 5.00. The summed E-state index contributed by atoms with van der Waals surface area (Å²) in [5.41, 5.74) is 4.09. The smallest absolute Gasteiger partial charge is 0.126 e. The third-order valence-electron chi connectivity index (χ3n) is 4.09. The number of fused-ring (bicyclic) bond motifs is 1. The molecule has 0 saturated carbocycles. The summed E-state index contributed by atoms with van der Waals surface area (Å²) in [6, 6.07) is 15.1. The van der Waals surface area contributed by atoms with E-state index in [4.69, 9.17) is 0 Å². The fraction of sp³-hybridized carbons (Fsp3) is 0.0476. The first-order valence-electron chi connectivity index (χ1n) is 8.18. The second kappa shape index (κ2) is 6.88. The molecule has 0 spiro atoms. The summed E-state index contributed by atoms with van der Waals surface area (Å²) in [4.78, 5) is 4.26. The average Bonchev–Trinajstić information content (AvgIpc) is 3.02. The van der Waals surface area contributed by atoms with Gasteiger partial charge < -0.3 is 0 Å². The molecule has 128 valence electrons. The van der Waals surface area contributed by atoms with Crippen molar-refractivity contribution in [1.29, 1.82) is 0 Å². The molecule has 0 aliphatic heterocycles. The molecule has 26 heavy (non-hydrogen) atoms. The lowest BCUT2D eigenvalue weighted by molar-refractivity contribution is 0.580. The summed E-state index contributed by atoms with van der Waals surface area (Å²) in [6.07, 6.45) is 6.00. The van der Waals surface area contributed by atoms with Gasteiger partial charge in [-0.05, 0) is 66.1 Å². The maximum Gasteiger partial charge on any atom is 0.126 e. The van der Waals surface area contributed by atoms with Gasteiger partial charge in [0.15, 0.2) is 0 Å². The summed E-state index contributed by atoms with van der Waals surface area (Å²) in [5.74, 6) is -1.13. The molecule has 4 rings (SSSR count). The van der Waals surface area contributed by atoms with E-state index in [1.54, 1.807) is 6.20 Å². The minimum absolute atomic E-state index is 0.444. The monoisotopic (exact) mass is 347 g/mol. The first-order chi connectivity index (χ1) is 12.7. The van der Waals surface area contributed by atoms with E-state index in [2.05, 4.69) is 15.2 Å². The number of pyridine rings is 1. The van der Waals surface area contributed by atoms with Crippen molar-refractivity contribution in [1.82, 2.24) is 15.2 Å². The van der Waals surface area contributed by atoms with Crippen LogP contribution in [0.1, 0.15) is 22.5 Å². The van der Waals surface area contributed by atoms with Gasteiger partial charge in [-0.25, -0.2) is 8.78 Å². The summed E-state index contributed by atoms with van der Waals surface area (Å²) in [7, 11) is 0. The number of nitrogens with zero attached hydrogens (tertiary/aromatic N) is 2. The molecule has 5 heteroatoms. The van der Waals surface area contributed by atoms with Crippen molar-refractivity contribution < 1.29 is 8.78 Å². The molecule has 2 heterocycles. The Hall–Kier alpha value is -3.34. The van der Waals surface area contributed by atoms with Gasteiger partial charge in [0.2, 0.25) is 0 Å². The second-order valence-corrected chi connectivity index (χ2v) is 6.03. The van der Waals surface area contributed by atoms with Crippen molar-refractivity contribution >= 4 is 23.1 Å². The van der Waals surface area contributed by atoms with Gasteiger partial charge in [-0.1, -0.05) is 12.1 Å². The summed E-state index contributed by atoms with van der Waals surface area (Å²) in [6.45, 7) is 0.